The summed E-state index contributed by atoms with van der Waals surface area (Å²) in [5, 5.41) is 0. The third-order valence-corrected chi connectivity index (χ3v) is 3.62. The molecule has 1 unspecified atom stereocenters. The van der Waals surface area contributed by atoms with E-state index in [0.29, 0.717) is 12.5 Å². The zero-order valence-electron chi connectivity index (χ0n) is 10.9. The highest BCUT2D eigenvalue weighted by Crippen LogP contribution is 2.21. The number of nitrogens with zero attached hydrogens (tertiary/aromatic N) is 2. The van der Waals surface area contributed by atoms with Crippen LogP contribution in [0.4, 0.5) is 0 Å². The summed E-state index contributed by atoms with van der Waals surface area (Å²) in [5.41, 5.74) is 7.14. The van der Waals surface area contributed by atoms with Crippen molar-refractivity contribution in [3.63, 3.8) is 0 Å². The number of aryl methyl sites for hydroxylation is 1. The van der Waals surface area contributed by atoms with Gasteiger partial charge in [0.05, 0.1) is 5.56 Å². The standard InChI is InChI=1S/C14H21N3O/c1-11-13(5-2-8-16-11)14(18)17-9-3-4-12(10-17)6-7-15/h2,5,8,12H,3-4,6-7,9-10,15H2,1H3. The van der Waals surface area contributed by atoms with Crippen LogP contribution >= 0.6 is 0 Å². The van der Waals surface area contributed by atoms with Crippen LogP contribution in [-0.4, -0.2) is 35.4 Å². The summed E-state index contributed by atoms with van der Waals surface area (Å²) in [7, 11) is 0. The van der Waals surface area contributed by atoms with Gasteiger partial charge < -0.3 is 10.6 Å². The molecule has 0 aromatic carbocycles. The number of piperidine rings is 1. The van der Waals surface area contributed by atoms with Gasteiger partial charge in [0, 0.05) is 25.0 Å². The predicted octanol–water partition coefficient (Wildman–Crippen LogP) is 1.59. The van der Waals surface area contributed by atoms with Crippen LogP contribution in [0, 0.1) is 12.8 Å². The monoisotopic (exact) mass is 247 g/mol. The van der Waals surface area contributed by atoms with Gasteiger partial charge in [-0.1, -0.05) is 0 Å². The molecule has 1 saturated heterocycles. The van der Waals surface area contributed by atoms with Crippen LogP contribution in [0.15, 0.2) is 18.3 Å². The molecule has 18 heavy (non-hydrogen) atoms. The van der Waals surface area contributed by atoms with E-state index in [0.717, 1.165) is 37.2 Å². The topological polar surface area (TPSA) is 59.2 Å². The third-order valence-electron chi connectivity index (χ3n) is 3.62. The van der Waals surface area contributed by atoms with Gasteiger partial charge in [-0.05, 0) is 50.8 Å². The van der Waals surface area contributed by atoms with Crippen molar-refractivity contribution in [1.29, 1.82) is 0 Å². The van der Waals surface area contributed by atoms with E-state index in [2.05, 4.69) is 4.98 Å². The van der Waals surface area contributed by atoms with Gasteiger partial charge in [0.2, 0.25) is 0 Å². The van der Waals surface area contributed by atoms with Crippen LogP contribution in [0.25, 0.3) is 0 Å². The fourth-order valence-corrected chi connectivity index (χ4v) is 2.60. The molecule has 1 aliphatic heterocycles. The first-order valence-electron chi connectivity index (χ1n) is 6.63. The Balaban J connectivity index is 2.07. The van der Waals surface area contributed by atoms with E-state index in [-0.39, 0.29) is 5.91 Å². The summed E-state index contributed by atoms with van der Waals surface area (Å²) in [5.74, 6) is 0.673. The number of hydrogen-bond acceptors (Lipinski definition) is 3. The lowest BCUT2D eigenvalue weighted by molar-refractivity contribution is 0.0668. The highest BCUT2D eigenvalue weighted by molar-refractivity contribution is 5.95. The van der Waals surface area contributed by atoms with Crippen molar-refractivity contribution < 1.29 is 4.79 Å². The minimum atomic E-state index is 0.113. The van der Waals surface area contributed by atoms with Gasteiger partial charge in [-0.25, -0.2) is 0 Å². The van der Waals surface area contributed by atoms with Crippen molar-refractivity contribution in [2.45, 2.75) is 26.2 Å². The van der Waals surface area contributed by atoms with E-state index >= 15 is 0 Å². The molecule has 1 fully saturated rings. The Morgan fingerprint density at radius 2 is 2.44 bits per heavy atom. The van der Waals surface area contributed by atoms with Crippen molar-refractivity contribution in [1.82, 2.24) is 9.88 Å². The number of carbonyl (C=O) groups is 1. The van der Waals surface area contributed by atoms with Crippen LogP contribution in [0.1, 0.15) is 35.3 Å². The Hall–Kier alpha value is -1.42. The van der Waals surface area contributed by atoms with E-state index in [4.69, 9.17) is 5.73 Å². The number of likely N-dealkylation sites (tertiary alicyclic amines) is 1. The number of rotatable bonds is 3. The maximum absolute atomic E-state index is 12.4. The molecule has 1 atom stereocenters. The molecule has 1 amide bonds. The molecule has 4 nitrogen and oxygen atoms in total. The molecule has 0 aliphatic carbocycles. The smallest absolute Gasteiger partial charge is 0.255 e. The fourth-order valence-electron chi connectivity index (χ4n) is 2.60. The lowest BCUT2D eigenvalue weighted by atomic mass is 9.94. The van der Waals surface area contributed by atoms with Gasteiger partial charge in [-0.3, -0.25) is 9.78 Å². The van der Waals surface area contributed by atoms with Crippen LogP contribution in [0.2, 0.25) is 0 Å². The third kappa shape index (κ3) is 2.88. The zero-order chi connectivity index (χ0) is 13.0. The number of carbonyl (C=O) groups excluding carboxylic acids is 1. The van der Waals surface area contributed by atoms with E-state index in [1.165, 1.54) is 6.42 Å². The lowest BCUT2D eigenvalue weighted by Gasteiger charge is -2.33. The summed E-state index contributed by atoms with van der Waals surface area (Å²) >= 11 is 0. The van der Waals surface area contributed by atoms with Gasteiger partial charge in [-0.15, -0.1) is 0 Å². The zero-order valence-corrected chi connectivity index (χ0v) is 10.9. The summed E-state index contributed by atoms with van der Waals surface area (Å²) in [6.45, 7) is 4.28. The quantitative estimate of drug-likeness (QED) is 0.882. The molecule has 4 heteroatoms. The molecule has 1 aliphatic rings. The lowest BCUT2D eigenvalue weighted by Crippen LogP contribution is -2.40. The van der Waals surface area contributed by atoms with Crippen LogP contribution < -0.4 is 5.73 Å². The second kappa shape index (κ2) is 5.96. The first-order valence-corrected chi connectivity index (χ1v) is 6.63. The van der Waals surface area contributed by atoms with Crippen LogP contribution in [0.5, 0.6) is 0 Å². The van der Waals surface area contributed by atoms with E-state index in [1.54, 1.807) is 6.20 Å². The number of amides is 1. The fraction of sp³-hybridized carbons (Fsp3) is 0.571. The van der Waals surface area contributed by atoms with Gasteiger partial charge >= 0.3 is 0 Å². The van der Waals surface area contributed by atoms with E-state index in [9.17, 15) is 4.79 Å². The SMILES string of the molecule is Cc1ncccc1C(=O)N1CCCC(CCN)C1. The minimum absolute atomic E-state index is 0.113. The first kappa shape index (κ1) is 13.0. The van der Waals surface area contributed by atoms with Crippen molar-refractivity contribution >= 4 is 5.91 Å². The van der Waals surface area contributed by atoms with Crippen molar-refractivity contribution in [3.8, 4) is 0 Å². The second-order valence-corrected chi connectivity index (χ2v) is 4.97. The summed E-state index contributed by atoms with van der Waals surface area (Å²) < 4.78 is 0. The molecule has 2 N–H and O–H groups in total. The summed E-state index contributed by atoms with van der Waals surface area (Å²) in [4.78, 5) is 18.6. The Kier molecular flexibility index (Phi) is 4.31. The maximum atomic E-state index is 12.4. The Morgan fingerprint density at radius 3 is 3.17 bits per heavy atom. The number of aromatic nitrogens is 1. The van der Waals surface area contributed by atoms with Gasteiger partial charge in [0.15, 0.2) is 0 Å². The largest absolute Gasteiger partial charge is 0.338 e. The molecule has 98 valence electrons. The highest BCUT2D eigenvalue weighted by atomic mass is 16.2. The number of hydrogen-bond donors (Lipinski definition) is 1. The molecule has 2 rings (SSSR count). The molecule has 0 saturated carbocycles. The van der Waals surface area contributed by atoms with Crippen LogP contribution in [-0.2, 0) is 0 Å². The molecular weight excluding hydrogens is 226 g/mol. The van der Waals surface area contributed by atoms with E-state index < -0.39 is 0 Å². The molecule has 0 radical (unpaired) electrons. The summed E-state index contributed by atoms with van der Waals surface area (Å²) in [6, 6.07) is 3.68. The maximum Gasteiger partial charge on any atom is 0.255 e. The molecular formula is C14H21N3O. The Bertz CT molecular complexity index is 417. The van der Waals surface area contributed by atoms with Crippen molar-refractivity contribution in [2.24, 2.45) is 11.7 Å². The number of nitrogens with two attached hydrogens (primary N) is 1. The second-order valence-electron chi connectivity index (χ2n) is 4.97. The summed E-state index contributed by atoms with van der Waals surface area (Å²) in [6.07, 6.45) is 5.00. The van der Waals surface area contributed by atoms with Crippen molar-refractivity contribution in [2.75, 3.05) is 19.6 Å². The highest BCUT2D eigenvalue weighted by Gasteiger charge is 2.24. The predicted molar refractivity (Wildman–Crippen MR) is 71.3 cm³/mol. The Morgan fingerprint density at radius 1 is 1.61 bits per heavy atom. The molecule has 2 heterocycles. The molecule has 1 aromatic heterocycles. The van der Waals surface area contributed by atoms with Gasteiger partial charge in [0.25, 0.3) is 5.91 Å². The minimum Gasteiger partial charge on any atom is -0.338 e. The average molecular weight is 247 g/mol. The Labute approximate surface area is 108 Å². The van der Waals surface area contributed by atoms with Gasteiger partial charge in [0.1, 0.15) is 0 Å². The van der Waals surface area contributed by atoms with Crippen molar-refractivity contribution in [3.05, 3.63) is 29.6 Å². The van der Waals surface area contributed by atoms with Crippen LogP contribution in [0.3, 0.4) is 0 Å². The molecule has 0 spiro atoms. The normalized spacial score (nSPS) is 19.9. The van der Waals surface area contributed by atoms with E-state index in [1.807, 2.05) is 24.0 Å². The first-order chi connectivity index (χ1) is 8.72. The molecule has 0 bridgehead atoms. The molecule has 1 aromatic rings. The van der Waals surface area contributed by atoms with Gasteiger partial charge in [-0.2, -0.15) is 0 Å². The number of pyridine rings is 1. The average Bonchev–Trinajstić information content (AvgIpc) is 2.39.